The summed E-state index contributed by atoms with van der Waals surface area (Å²) in [6.07, 6.45) is 1.79. The number of imidazole rings is 1. The van der Waals surface area contributed by atoms with E-state index in [1.54, 1.807) is 0 Å². The van der Waals surface area contributed by atoms with Crippen molar-refractivity contribution in [2.24, 2.45) is 0 Å². The van der Waals surface area contributed by atoms with E-state index in [1.807, 2.05) is 20.8 Å². The van der Waals surface area contributed by atoms with E-state index in [0.29, 0.717) is 44.1 Å². The number of aromatic nitrogens is 3. The maximum Gasteiger partial charge on any atom is 0.208 e. The van der Waals surface area contributed by atoms with Crippen LogP contribution in [0, 0.1) is 13.8 Å². The van der Waals surface area contributed by atoms with Gasteiger partial charge >= 0.3 is 0 Å². The maximum atomic E-state index is 11.2. The lowest BCUT2D eigenvalue weighted by molar-refractivity contribution is 0.126. The van der Waals surface area contributed by atoms with E-state index in [4.69, 9.17) is 10.5 Å². The van der Waals surface area contributed by atoms with Crippen molar-refractivity contribution in [1.82, 2.24) is 19.3 Å². The maximum absolute atomic E-state index is 11.2. The second kappa shape index (κ2) is 7.45. The first kappa shape index (κ1) is 18.6. The standard InChI is InChI=1S/C15H25N5O3S/c1-5-23-9-12-19-13-14(10(2)11(3)18-15(13)16)20(12)8-6-7-17-24(4,21)22/h17H,5-9H2,1-4H3,(H2,16,18). The summed E-state index contributed by atoms with van der Waals surface area (Å²) in [6, 6.07) is 0. The van der Waals surface area contributed by atoms with Crippen LogP contribution in [0.3, 0.4) is 0 Å². The van der Waals surface area contributed by atoms with E-state index in [-0.39, 0.29) is 0 Å². The number of nitrogen functional groups attached to an aromatic ring is 1. The predicted octanol–water partition coefficient (Wildman–Crippen LogP) is 1.11. The zero-order valence-electron chi connectivity index (χ0n) is 14.6. The molecule has 134 valence electrons. The molecule has 3 N–H and O–H groups in total. The van der Waals surface area contributed by atoms with Gasteiger partial charge in [0.1, 0.15) is 17.9 Å². The molecule has 0 unspecified atom stereocenters. The molecule has 0 aliphatic rings. The number of anilines is 1. The molecule has 0 atom stereocenters. The van der Waals surface area contributed by atoms with Gasteiger partial charge < -0.3 is 15.0 Å². The molecule has 0 saturated carbocycles. The number of aryl methyl sites for hydroxylation is 3. The molecule has 0 aliphatic carbocycles. The number of ether oxygens (including phenoxy) is 1. The highest BCUT2D eigenvalue weighted by Crippen LogP contribution is 2.26. The van der Waals surface area contributed by atoms with Crippen LogP contribution >= 0.6 is 0 Å². The van der Waals surface area contributed by atoms with Crippen molar-refractivity contribution in [3.8, 4) is 0 Å². The first-order valence-corrected chi connectivity index (χ1v) is 9.78. The minimum absolute atomic E-state index is 0.366. The number of pyridine rings is 1. The highest BCUT2D eigenvalue weighted by molar-refractivity contribution is 7.88. The topological polar surface area (TPSA) is 112 Å². The van der Waals surface area contributed by atoms with Crippen molar-refractivity contribution in [2.45, 2.75) is 40.3 Å². The van der Waals surface area contributed by atoms with Crippen molar-refractivity contribution in [2.75, 3.05) is 25.1 Å². The lowest BCUT2D eigenvalue weighted by atomic mass is 10.2. The Kier molecular flexibility index (Phi) is 5.79. The second-order valence-corrected chi connectivity index (χ2v) is 7.57. The van der Waals surface area contributed by atoms with Gasteiger partial charge in [0.25, 0.3) is 0 Å². The van der Waals surface area contributed by atoms with Crippen LogP contribution in [0.4, 0.5) is 5.82 Å². The monoisotopic (exact) mass is 355 g/mol. The number of rotatable bonds is 8. The fraction of sp³-hybridized carbons (Fsp3) is 0.600. The van der Waals surface area contributed by atoms with Crippen molar-refractivity contribution >= 4 is 26.9 Å². The molecule has 0 aromatic carbocycles. The van der Waals surface area contributed by atoms with Gasteiger partial charge in [-0.15, -0.1) is 0 Å². The third-order valence-electron chi connectivity index (χ3n) is 3.83. The first-order valence-electron chi connectivity index (χ1n) is 7.88. The van der Waals surface area contributed by atoms with Crippen LogP contribution in [0.1, 0.15) is 30.4 Å². The third kappa shape index (κ3) is 4.22. The Hall–Kier alpha value is -1.71. The molecule has 2 rings (SSSR count). The number of sulfonamides is 1. The Morgan fingerprint density at radius 2 is 2.00 bits per heavy atom. The summed E-state index contributed by atoms with van der Waals surface area (Å²) in [7, 11) is -3.18. The van der Waals surface area contributed by atoms with Crippen LogP contribution in [0.5, 0.6) is 0 Å². The summed E-state index contributed by atoms with van der Waals surface area (Å²) < 4.78 is 32.4. The van der Waals surface area contributed by atoms with Crippen LogP contribution in [0.15, 0.2) is 0 Å². The summed E-state index contributed by atoms with van der Waals surface area (Å²) in [5.41, 5.74) is 9.52. The van der Waals surface area contributed by atoms with E-state index in [2.05, 4.69) is 19.3 Å². The van der Waals surface area contributed by atoms with Crippen LogP contribution in [-0.2, 0) is 27.9 Å². The molecule has 0 bridgehead atoms. The fourth-order valence-corrected chi connectivity index (χ4v) is 3.10. The summed E-state index contributed by atoms with van der Waals surface area (Å²) in [5.74, 6) is 1.17. The molecule has 2 heterocycles. The molecular formula is C15H25N5O3S. The van der Waals surface area contributed by atoms with Crippen molar-refractivity contribution < 1.29 is 13.2 Å². The van der Waals surface area contributed by atoms with Crippen molar-refractivity contribution in [3.63, 3.8) is 0 Å². The Bertz CT molecular complexity index is 829. The third-order valence-corrected chi connectivity index (χ3v) is 4.56. The predicted molar refractivity (Wildman–Crippen MR) is 94.2 cm³/mol. The Balaban J connectivity index is 2.36. The average Bonchev–Trinajstić information content (AvgIpc) is 2.85. The molecule has 2 aromatic heterocycles. The van der Waals surface area contributed by atoms with E-state index < -0.39 is 10.0 Å². The van der Waals surface area contributed by atoms with Crippen LogP contribution < -0.4 is 10.5 Å². The average molecular weight is 355 g/mol. The molecule has 0 aliphatic heterocycles. The van der Waals surface area contributed by atoms with E-state index >= 15 is 0 Å². The number of nitrogens with one attached hydrogen (secondary N) is 1. The molecule has 0 radical (unpaired) electrons. The Labute approximate surface area is 142 Å². The SMILES string of the molecule is CCOCc1nc2c(N)nc(C)c(C)c2n1CCCNS(C)(=O)=O. The fourth-order valence-electron chi connectivity index (χ4n) is 2.59. The van der Waals surface area contributed by atoms with Crippen LogP contribution in [0.25, 0.3) is 11.0 Å². The highest BCUT2D eigenvalue weighted by atomic mass is 32.2. The molecule has 0 fully saturated rings. The number of nitrogens with two attached hydrogens (primary N) is 1. The lowest BCUT2D eigenvalue weighted by Gasteiger charge is -2.12. The molecule has 2 aromatic rings. The Morgan fingerprint density at radius 3 is 2.62 bits per heavy atom. The zero-order valence-corrected chi connectivity index (χ0v) is 15.4. The largest absolute Gasteiger partial charge is 0.382 e. The molecular weight excluding hydrogens is 330 g/mol. The van der Waals surface area contributed by atoms with Crippen molar-refractivity contribution in [3.05, 3.63) is 17.1 Å². The molecule has 0 amide bonds. The van der Waals surface area contributed by atoms with Crippen molar-refractivity contribution in [1.29, 1.82) is 0 Å². The molecule has 9 heteroatoms. The van der Waals surface area contributed by atoms with Gasteiger partial charge in [-0.1, -0.05) is 0 Å². The summed E-state index contributed by atoms with van der Waals surface area (Å²) in [6.45, 7) is 7.77. The minimum Gasteiger partial charge on any atom is -0.382 e. The minimum atomic E-state index is -3.18. The van der Waals surface area contributed by atoms with Gasteiger partial charge in [0.05, 0.1) is 11.8 Å². The quantitative estimate of drug-likeness (QED) is 0.686. The second-order valence-electron chi connectivity index (χ2n) is 5.74. The van der Waals surface area contributed by atoms with Gasteiger partial charge in [0.2, 0.25) is 10.0 Å². The van der Waals surface area contributed by atoms with Gasteiger partial charge in [-0.2, -0.15) is 0 Å². The summed E-state index contributed by atoms with van der Waals surface area (Å²) in [4.78, 5) is 8.93. The normalized spacial score (nSPS) is 12.2. The highest BCUT2D eigenvalue weighted by Gasteiger charge is 2.17. The first-order chi connectivity index (χ1) is 11.2. The number of fused-ring (bicyclic) bond motifs is 1. The molecule has 8 nitrogen and oxygen atoms in total. The molecule has 24 heavy (non-hydrogen) atoms. The number of hydrogen-bond donors (Lipinski definition) is 2. The van der Waals surface area contributed by atoms with E-state index in [0.717, 1.165) is 28.9 Å². The number of hydrogen-bond acceptors (Lipinski definition) is 6. The summed E-state index contributed by atoms with van der Waals surface area (Å²) in [5, 5.41) is 0. The van der Waals surface area contributed by atoms with Crippen LogP contribution in [0.2, 0.25) is 0 Å². The Morgan fingerprint density at radius 1 is 1.29 bits per heavy atom. The van der Waals surface area contributed by atoms with Gasteiger partial charge in [-0.05, 0) is 32.8 Å². The van der Waals surface area contributed by atoms with Gasteiger partial charge in [0, 0.05) is 25.4 Å². The van der Waals surface area contributed by atoms with Crippen LogP contribution in [-0.4, -0.2) is 42.4 Å². The lowest BCUT2D eigenvalue weighted by Crippen LogP contribution is -2.24. The molecule has 0 spiro atoms. The molecule has 0 saturated heterocycles. The summed E-state index contributed by atoms with van der Waals surface area (Å²) >= 11 is 0. The van der Waals surface area contributed by atoms with Gasteiger partial charge in [-0.3, -0.25) is 0 Å². The van der Waals surface area contributed by atoms with Gasteiger partial charge in [0.15, 0.2) is 5.82 Å². The number of nitrogens with zero attached hydrogens (tertiary/aromatic N) is 3. The smallest absolute Gasteiger partial charge is 0.208 e. The van der Waals surface area contributed by atoms with E-state index in [9.17, 15) is 8.42 Å². The van der Waals surface area contributed by atoms with E-state index in [1.165, 1.54) is 0 Å². The van der Waals surface area contributed by atoms with Gasteiger partial charge in [-0.25, -0.2) is 23.1 Å². The zero-order chi connectivity index (χ0) is 17.9.